The molecule has 2 aromatic rings. The van der Waals surface area contributed by atoms with Crippen molar-refractivity contribution in [1.29, 1.82) is 0 Å². The van der Waals surface area contributed by atoms with Gasteiger partial charge in [-0.2, -0.15) is 0 Å². The van der Waals surface area contributed by atoms with Crippen LogP contribution >= 0.6 is 0 Å². The number of rotatable bonds is 5. The van der Waals surface area contributed by atoms with E-state index in [0.29, 0.717) is 0 Å². The number of alkyl carbamates (subject to hydrolysis) is 1. The number of amides is 1. The number of aliphatic hydroxyl groups excluding tert-OH is 1. The first-order valence-corrected chi connectivity index (χ1v) is 8.01. The van der Waals surface area contributed by atoms with E-state index in [-0.39, 0.29) is 12.5 Å². The summed E-state index contributed by atoms with van der Waals surface area (Å²) in [7, 11) is 0. The van der Waals surface area contributed by atoms with Gasteiger partial charge >= 0.3 is 12.1 Å². The van der Waals surface area contributed by atoms with Crippen LogP contribution in [0.1, 0.15) is 24.0 Å². The Labute approximate surface area is 145 Å². The smallest absolute Gasteiger partial charge is 0.407 e. The van der Waals surface area contributed by atoms with Crippen LogP contribution in [0.4, 0.5) is 4.79 Å². The van der Waals surface area contributed by atoms with E-state index in [1.165, 1.54) is 6.92 Å². The number of hydrogen-bond donors (Lipinski definition) is 3. The van der Waals surface area contributed by atoms with Crippen LogP contribution in [0.15, 0.2) is 48.5 Å². The lowest BCUT2D eigenvalue weighted by atomic mass is 9.98. The van der Waals surface area contributed by atoms with Gasteiger partial charge in [-0.05, 0) is 29.2 Å². The number of ether oxygens (including phenoxy) is 1. The van der Waals surface area contributed by atoms with Crippen molar-refractivity contribution in [2.75, 3.05) is 6.61 Å². The third-order valence-corrected chi connectivity index (χ3v) is 4.42. The lowest BCUT2D eigenvalue weighted by Crippen LogP contribution is -2.45. The molecule has 1 amide bonds. The van der Waals surface area contributed by atoms with E-state index in [9.17, 15) is 14.7 Å². The Morgan fingerprint density at radius 1 is 1.08 bits per heavy atom. The molecular weight excluding hydrogens is 322 g/mol. The van der Waals surface area contributed by atoms with Crippen molar-refractivity contribution in [3.63, 3.8) is 0 Å². The summed E-state index contributed by atoms with van der Waals surface area (Å²) in [6.45, 7) is 1.54. The predicted octanol–water partition coefficient (Wildman–Crippen LogP) is 2.36. The Bertz CT molecular complexity index is 758. The SMILES string of the molecule is C[C@H](NC(=O)OCC1c2ccccc2-c2ccccc21)[C@H](O)C(=O)O. The highest BCUT2D eigenvalue weighted by Gasteiger charge is 2.29. The van der Waals surface area contributed by atoms with Gasteiger partial charge in [0.15, 0.2) is 6.10 Å². The van der Waals surface area contributed by atoms with Gasteiger partial charge in [0, 0.05) is 5.92 Å². The Kier molecular flexibility index (Phi) is 4.72. The minimum Gasteiger partial charge on any atom is -0.479 e. The van der Waals surface area contributed by atoms with Crippen molar-refractivity contribution in [2.45, 2.75) is 25.0 Å². The molecule has 0 spiro atoms. The number of benzene rings is 2. The molecule has 130 valence electrons. The molecule has 0 aromatic heterocycles. The number of carbonyl (C=O) groups is 2. The summed E-state index contributed by atoms with van der Waals surface area (Å²) in [5.41, 5.74) is 4.44. The second kappa shape index (κ2) is 6.94. The second-order valence-corrected chi connectivity index (χ2v) is 6.04. The number of hydrogen-bond acceptors (Lipinski definition) is 4. The molecule has 0 heterocycles. The normalized spacial score (nSPS) is 15.0. The van der Waals surface area contributed by atoms with Crippen molar-refractivity contribution in [1.82, 2.24) is 5.32 Å². The van der Waals surface area contributed by atoms with Gasteiger partial charge in [-0.15, -0.1) is 0 Å². The third-order valence-electron chi connectivity index (χ3n) is 4.42. The van der Waals surface area contributed by atoms with Crippen molar-refractivity contribution >= 4 is 12.1 Å². The van der Waals surface area contributed by atoms with Gasteiger partial charge < -0.3 is 20.3 Å². The molecular formula is C19H19NO5. The molecule has 25 heavy (non-hydrogen) atoms. The molecule has 0 radical (unpaired) electrons. The lowest BCUT2D eigenvalue weighted by Gasteiger charge is -2.18. The topological polar surface area (TPSA) is 95.9 Å². The number of aliphatic hydroxyl groups is 1. The third kappa shape index (κ3) is 3.34. The summed E-state index contributed by atoms with van der Waals surface area (Å²) in [5, 5.41) is 20.5. The molecule has 0 bridgehead atoms. The van der Waals surface area contributed by atoms with Crippen LogP contribution in [0.5, 0.6) is 0 Å². The molecule has 3 N–H and O–H groups in total. The average Bonchev–Trinajstić information content (AvgIpc) is 2.93. The number of carboxylic acid groups (broad SMARTS) is 1. The monoisotopic (exact) mass is 341 g/mol. The predicted molar refractivity (Wildman–Crippen MR) is 91.3 cm³/mol. The number of nitrogens with one attached hydrogen (secondary N) is 1. The Morgan fingerprint density at radius 2 is 1.60 bits per heavy atom. The van der Waals surface area contributed by atoms with Crippen molar-refractivity contribution in [3.8, 4) is 11.1 Å². The molecule has 0 fully saturated rings. The fourth-order valence-corrected chi connectivity index (χ4v) is 3.12. The Morgan fingerprint density at radius 3 is 2.12 bits per heavy atom. The lowest BCUT2D eigenvalue weighted by molar-refractivity contribution is -0.147. The molecule has 0 aliphatic heterocycles. The summed E-state index contributed by atoms with van der Waals surface area (Å²) in [5.74, 6) is -1.47. The fraction of sp³-hybridized carbons (Fsp3) is 0.263. The molecule has 6 nitrogen and oxygen atoms in total. The first kappa shape index (κ1) is 17.0. The fourth-order valence-electron chi connectivity index (χ4n) is 3.12. The van der Waals surface area contributed by atoms with E-state index < -0.39 is 24.2 Å². The summed E-state index contributed by atoms with van der Waals surface area (Å²) in [6.07, 6.45) is -2.44. The van der Waals surface area contributed by atoms with E-state index in [0.717, 1.165) is 22.3 Å². The Balaban J connectivity index is 1.69. The van der Waals surface area contributed by atoms with E-state index >= 15 is 0 Å². The van der Waals surface area contributed by atoms with Crippen LogP contribution in [0.3, 0.4) is 0 Å². The van der Waals surface area contributed by atoms with Crippen LogP contribution in [-0.2, 0) is 9.53 Å². The van der Waals surface area contributed by atoms with E-state index in [1.54, 1.807) is 0 Å². The molecule has 0 unspecified atom stereocenters. The molecule has 3 rings (SSSR count). The zero-order chi connectivity index (χ0) is 18.0. The van der Waals surface area contributed by atoms with Gasteiger partial charge in [-0.3, -0.25) is 0 Å². The number of carbonyl (C=O) groups excluding carboxylic acids is 1. The highest BCUT2D eigenvalue weighted by Crippen LogP contribution is 2.44. The van der Waals surface area contributed by atoms with Gasteiger partial charge in [0.1, 0.15) is 6.61 Å². The van der Waals surface area contributed by atoms with Gasteiger partial charge in [0.05, 0.1) is 6.04 Å². The summed E-state index contributed by atoms with van der Waals surface area (Å²) in [6, 6.07) is 15.0. The average molecular weight is 341 g/mol. The highest BCUT2D eigenvalue weighted by molar-refractivity contribution is 5.79. The number of fused-ring (bicyclic) bond motifs is 3. The second-order valence-electron chi connectivity index (χ2n) is 6.04. The van der Waals surface area contributed by atoms with Gasteiger partial charge in [-0.25, -0.2) is 9.59 Å². The first-order valence-electron chi connectivity index (χ1n) is 8.01. The van der Waals surface area contributed by atoms with Crippen molar-refractivity contribution in [3.05, 3.63) is 59.7 Å². The van der Waals surface area contributed by atoms with Crippen LogP contribution in [-0.4, -0.2) is 41.0 Å². The first-order chi connectivity index (χ1) is 12.0. The van der Waals surface area contributed by atoms with Crippen LogP contribution in [0, 0.1) is 0 Å². The molecule has 2 aromatic carbocycles. The minimum absolute atomic E-state index is 0.0714. The van der Waals surface area contributed by atoms with Crippen LogP contribution in [0.25, 0.3) is 11.1 Å². The number of carboxylic acids is 1. The molecule has 6 heteroatoms. The zero-order valence-corrected chi connectivity index (χ0v) is 13.7. The van der Waals surface area contributed by atoms with E-state index in [4.69, 9.17) is 9.84 Å². The molecule has 1 aliphatic rings. The quantitative estimate of drug-likeness (QED) is 0.776. The zero-order valence-electron chi connectivity index (χ0n) is 13.7. The standard InChI is InChI=1S/C19H19NO5/c1-11(17(21)18(22)23)20-19(24)25-10-16-14-8-4-2-6-12(14)13-7-3-5-9-15(13)16/h2-9,11,16-17,21H,10H2,1H3,(H,20,24)(H,22,23)/t11-,17-/m0/s1. The maximum atomic E-state index is 11.9. The van der Waals surface area contributed by atoms with Crippen molar-refractivity contribution in [2.24, 2.45) is 0 Å². The highest BCUT2D eigenvalue weighted by atomic mass is 16.5. The summed E-state index contributed by atoms with van der Waals surface area (Å²) in [4.78, 5) is 22.6. The molecule has 2 atom stereocenters. The van der Waals surface area contributed by atoms with E-state index in [2.05, 4.69) is 5.32 Å². The minimum atomic E-state index is -1.68. The van der Waals surface area contributed by atoms with E-state index in [1.807, 2.05) is 48.5 Å². The van der Waals surface area contributed by atoms with Gasteiger partial charge in [-0.1, -0.05) is 48.5 Å². The molecule has 1 aliphatic carbocycles. The van der Waals surface area contributed by atoms with Gasteiger partial charge in [0.25, 0.3) is 0 Å². The molecule has 0 saturated carbocycles. The van der Waals surface area contributed by atoms with Gasteiger partial charge in [0.2, 0.25) is 0 Å². The number of aliphatic carboxylic acids is 1. The summed E-state index contributed by atoms with van der Waals surface area (Å²) < 4.78 is 5.29. The maximum Gasteiger partial charge on any atom is 0.407 e. The Hall–Kier alpha value is -2.86. The summed E-state index contributed by atoms with van der Waals surface area (Å²) >= 11 is 0. The maximum absolute atomic E-state index is 11.9. The van der Waals surface area contributed by atoms with Crippen molar-refractivity contribution < 1.29 is 24.5 Å². The van der Waals surface area contributed by atoms with Crippen LogP contribution in [0.2, 0.25) is 0 Å². The van der Waals surface area contributed by atoms with Crippen LogP contribution < -0.4 is 5.32 Å². The largest absolute Gasteiger partial charge is 0.479 e. The molecule has 0 saturated heterocycles.